The second kappa shape index (κ2) is 5.49. The number of hydrogen-bond donors (Lipinski definition) is 1. The first-order valence-electron chi connectivity index (χ1n) is 5.51. The van der Waals surface area contributed by atoms with Gasteiger partial charge in [0, 0.05) is 10.5 Å². The van der Waals surface area contributed by atoms with E-state index in [-0.39, 0.29) is 21.4 Å². The first-order chi connectivity index (χ1) is 8.04. The van der Waals surface area contributed by atoms with Crippen molar-refractivity contribution in [2.24, 2.45) is 5.41 Å². The Bertz CT molecular complexity index is 537. The van der Waals surface area contributed by atoms with Crippen molar-refractivity contribution in [3.63, 3.8) is 0 Å². The molecule has 1 aromatic carbocycles. The summed E-state index contributed by atoms with van der Waals surface area (Å²) in [5.74, 6) is 0. The molecule has 0 aromatic heterocycles. The highest BCUT2D eigenvalue weighted by Crippen LogP contribution is 2.27. The normalized spacial score (nSPS) is 14.6. The average Bonchev–Trinajstić information content (AvgIpc) is 2.14. The van der Waals surface area contributed by atoms with Gasteiger partial charge in [0.2, 0.25) is 10.0 Å². The summed E-state index contributed by atoms with van der Waals surface area (Å²) in [6.07, 6.45) is 0. The first-order valence-corrected chi connectivity index (χ1v) is 8.17. The van der Waals surface area contributed by atoms with Crippen LogP contribution in [-0.4, -0.2) is 14.5 Å². The molecule has 0 aliphatic heterocycles. The third-order valence-corrected chi connectivity index (χ3v) is 5.33. The smallest absolute Gasteiger partial charge is 0.208 e. The Labute approximate surface area is 122 Å². The van der Waals surface area contributed by atoms with E-state index in [0.29, 0.717) is 0 Å². The largest absolute Gasteiger partial charge is 0.242 e. The molecule has 0 amide bonds. The van der Waals surface area contributed by atoms with Crippen molar-refractivity contribution in [1.29, 1.82) is 0 Å². The van der Waals surface area contributed by atoms with E-state index < -0.39 is 10.0 Å². The van der Waals surface area contributed by atoms with Gasteiger partial charge < -0.3 is 0 Å². The van der Waals surface area contributed by atoms with Crippen molar-refractivity contribution in [1.82, 2.24) is 4.72 Å². The molecule has 0 aliphatic carbocycles. The topological polar surface area (TPSA) is 46.2 Å². The van der Waals surface area contributed by atoms with Gasteiger partial charge in [-0.1, -0.05) is 48.3 Å². The average molecular weight is 355 g/mol. The van der Waals surface area contributed by atoms with Gasteiger partial charge in [0.05, 0.1) is 5.02 Å². The quantitative estimate of drug-likeness (QED) is 0.897. The van der Waals surface area contributed by atoms with Crippen LogP contribution in [0.25, 0.3) is 0 Å². The third-order valence-electron chi connectivity index (χ3n) is 2.81. The van der Waals surface area contributed by atoms with E-state index in [1.165, 1.54) is 6.07 Å². The molecule has 0 radical (unpaired) electrons. The predicted octanol–water partition coefficient (Wildman–Crippen LogP) is 3.82. The molecule has 0 saturated heterocycles. The summed E-state index contributed by atoms with van der Waals surface area (Å²) in [6.45, 7) is 7.76. The van der Waals surface area contributed by atoms with Crippen molar-refractivity contribution < 1.29 is 8.42 Å². The molecule has 1 N–H and O–H groups in total. The lowest BCUT2D eigenvalue weighted by Gasteiger charge is -2.27. The Morgan fingerprint density at radius 2 is 1.89 bits per heavy atom. The summed E-state index contributed by atoms with van der Waals surface area (Å²) < 4.78 is 27.8. The number of rotatable bonds is 3. The molecule has 102 valence electrons. The van der Waals surface area contributed by atoms with Gasteiger partial charge in [0.1, 0.15) is 4.90 Å². The zero-order valence-electron chi connectivity index (χ0n) is 10.8. The van der Waals surface area contributed by atoms with Gasteiger partial charge in [0.15, 0.2) is 0 Å². The number of sulfonamides is 1. The minimum Gasteiger partial charge on any atom is -0.208 e. The molecule has 0 heterocycles. The Morgan fingerprint density at radius 3 is 2.33 bits per heavy atom. The predicted molar refractivity (Wildman–Crippen MR) is 78.4 cm³/mol. The standard InChI is InChI=1S/C12H17BrClNO2S/c1-8(12(2,3)4)15-18(16,17)11-6-5-9(13)7-10(11)14/h5-8,15H,1-4H3. The van der Waals surface area contributed by atoms with Crippen molar-refractivity contribution in [2.75, 3.05) is 0 Å². The molecule has 0 saturated carbocycles. The summed E-state index contributed by atoms with van der Waals surface area (Å²) in [6, 6.07) is 4.52. The van der Waals surface area contributed by atoms with E-state index in [0.717, 1.165) is 4.47 Å². The molecular weight excluding hydrogens is 338 g/mol. The van der Waals surface area contributed by atoms with Crippen molar-refractivity contribution >= 4 is 37.6 Å². The Kier molecular flexibility index (Phi) is 4.87. The first kappa shape index (κ1) is 16.0. The molecule has 6 heteroatoms. The van der Waals surface area contributed by atoms with Crippen LogP contribution in [0, 0.1) is 5.41 Å². The molecule has 0 spiro atoms. The Balaban J connectivity index is 3.08. The molecule has 1 unspecified atom stereocenters. The van der Waals surface area contributed by atoms with Crippen LogP contribution < -0.4 is 4.72 Å². The number of benzene rings is 1. The third kappa shape index (κ3) is 3.95. The lowest BCUT2D eigenvalue weighted by Crippen LogP contribution is -2.41. The molecule has 0 aliphatic rings. The number of hydrogen-bond acceptors (Lipinski definition) is 2. The van der Waals surface area contributed by atoms with Gasteiger partial charge in [0.25, 0.3) is 0 Å². The van der Waals surface area contributed by atoms with Gasteiger partial charge in [-0.3, -0.25) is 0 Å². The van der Waals surface area contributed by atoms with Crippen molar-refractivity contribution in [3.05, 3.63) is 27.7 Å². The molecule has 1 rings (SSSR count). The van der Waals surface area contributed by atoms with Gasteiger partial charge in [-0.25, -0.2) is 13.1 Å². The maximum atomic E-state index is 12.2. The van der Waals surface area contributed by atoms with Gasteiger partial charge in [-0.15, -0.1) is 0 Å². The highest BCUT2D eigenvalue weighted by Gasteiger charge is 2.27. The molecular formula is C12H17BrClNO2S. The molecule has 1 atom stereocenters. The monoisotopic (exact) mass is 353 g/mol. The Hall–Kier alpha value is -0.100. The van der Waals surface area contributed by atoms with Gasteiger partial charge >= 0.3 is 0 Å². The zero-order chi connectivity index (χ0) is 14.1. The van der Waals surface area contributed by atoms with Crippen molar-refractivity contribution in [2.45, 2.75) is 38.6 Å². The second-order valence-electron chi connectivity index (χ2n) is 5.28. The fraction of sp³-hybridized carbons (Fsp3) is 0.500. The number of nitrogens with one attached hydrogen (secondary N) is 1. The van der Waals surface area contributed by atoms with Crippen LogP contribution in [-0.2, 0) is 10.0 Å². The second-order valence-corrected chi connectivity index (χ2v) is 8.29. The summed E-state index contributed by atoms with van der Waals surface area (Å²) >= 11 is 9.21. The highest BCUT2D eigenvalue weighted by molar-refractivity contribution is 9.10. The van der Waals surface area contributed by atoms with E-state index in [4.69, 9.17) is 11.6 Å². The van der Waals surface area contributed by atoms with Crippen LogP contribution in [0.3, 0.4) is 0 Å². The maximum absolute atomic E-state index is 12.2. The lowest BCUT2D eigenvalue weighted by molar-refractivity contribution is 0.317. The van der Waals surface area contributed by atoms with Crippen molar-refractivity contribution in [3.8, 4) is 0 Å². The SMILES string of the molecule is CC(NS(=O)(=O)c1ccc(Br)cc1Cl)C(C)(C)C. The van der Waals surface area contributed by atoms with Gasteiger partial charge in [-0.2, -0.15) is 0 Å². The fourth-order valence-corrected chi connectivity index (χ4v) is 3.65. The van der Waals surface area contributed by atoms with E-state index >= 15 is 0 Å². The van der Waals surface area contributed by atoms with Crippen LogP contribution in [0.2, 0.25) is 5.02 Å². The lowest BCUT2D eigenvalue weighted by atomic mass is 9.89. The minimum absolute atomic E-state index is 0.100. The van der Waals surface area contributed by atoms with Crippen LogP contribution >= 0.6 is 27.5 Å². The van der Waals surface area contributed by atoms with E-state index in [2.05, 4.69) is 20.7 Å². The van der Waals surface area contributed by atoms with E-state index in [1.54, 1.807) is 12.1 Å². The van der Waals surface area contributed by atoms with E-state index in [9.17, 15) is 8.42 Å². The van der Waals surface area contributed by atoms with Crippen LogP contribution in [0.1, 0.15) is 27.7 Å². The van der Waals surface area contributed by atoms with Crippen LogP contribution in [0.15, 0.2) is 27.6 Å². The zero-order valence-corrected chi connectivity index (χ0v) is 13.9. The summed E-state index contributed by atoms with van der Waals surface area (Å²) in [7, 11) is -3.59. The number of halogens is 2. The van der Waals surface area contributed by atoms with Crippen LogP contribution in [0.4, 0.5) is 0 Å². The molecule has 0 bridgehead atoms. The molecule has 1 aromatic rings. The summed E-state index contributed by atoms with van der Waals surface area (Å²) in [4.78, 5) is 0.100. The van der Waals surface area contributed by atoms with Crippen LogP contribution in [0.5, 0.6) is 0 Å². The van der Waals surface area contributed by atoms with Gasteiger partial charge in [-0.05, 0) is 30.5 Å². The molecule has 3 nitrogen and oxygen atoms in total. The maximum Gasteiger partial charge on any atom is 0.242 e. The summed E-state index contributed by atoms with van der Waals surface area (Å²) in [5, 5.41) is 0.206. The molecule has 0 fully saturated rings. The summed E-state index contributed by atoms with van der Waals surface area (Å²) in [5.41, 5.74) is -0.158. The molecule has 18 heavy (non-hydrogen) atoms. The fourth-order valence-electron chi connectivity index (χ4n) is 1.17. The highest BCUT2D eigenvalue weighted by atomic mass is 79.9. The van der Waals surface area contributed by atoms with E-state index in [1.807, 2.05) is 27.7 Å². The minimum atomic E-state index is -3.59. The Morgan fingerprint density at radius 1 is 1.33 bits per heavy atom.